The molecule has 0 radical (unpaired) electrons. The molecule has 1 saturated carbocycles. The van der Waals surface area contributed by atoms with Crippen molar-refractivity contribution in [2.75, 3.05) is 13.2 Å². The highest BCUT2D eigenvalue weighted by atomic mass is 32.2. The first-order valence-corrected chi connectivity index (χ1v) is 17.5. The van der Waals surface area contributed by atoms with E-state index < -0.39 is 50.8 Å². The van der Waals surface area contributed by atoms with E-state index in [4.69, 9.17) is 14.6 Å². The van der Waals surface area contributed by atoms with Gasteiger partial charge >= 0.3 is 28.8 Å². The van der Waals surface area contributed by atoms with Crippen molar-refractivity contribution in [2.45, 2.75) is 113 Å². The largest absolute Gasteiger partial charge is 0.481 e. The molecule has 4 rings (SSSR count). The van der Waals surface area contributed by atoms with Gasteiger partial charge in [-0.2, -0.15) is 0 Å². The average molecular weight is 697 g/mol. The van der Waals surface area contributed by atoms with Crippen molar-refractivity contribution in [1.82, 2.24) is 15.4 Å². The molecule has 0 spiro atoms. The minimum absolute atomic E-state index is 0.00817. The number of rotatable bonds is 15. The first-order valence-electron chi connectivity index (χ1n) is 16.0. The number of aliphatic carboxylic acids is 2. The van der Waals surface area contributed by atoms with Crippen molar-refractivity contribution in [3.63, 3.8) is 0 Å². The summed E-state index contributed by atoms with van der Waals surface area (Å²) in [6.07, 6.45) is 5.85. The van der Waals surface area contributed by atoms with Gasteiger partial charge in [0.15, 0.2) is 0 Å². The lowest BCUT2D eigenvalue weighted by atomic mass is 9.84. The molecule has 16 nitrogen and oxygen atoms in total. The molecule has 1 aromatic carbocycles. The van der Waals surface area contributed by atoms with Gasteiger partial charge in [-0.25, -0.2) is 13.2 Å². The molecule has 1 aliphatic carbocycles. The lowest BCUT2D eigenvalue weighted by molar-refractivity contribution is -0.832. The maximum Gasteiger partial charge on any atom is 0.414 e. The van der Waals surface area contributed by atoms with Gasteiger partial charge in [0.05, 0.1) is 29.3 Å². The average Bonchev–Trinajstić information content (AvgIpc) is 3.64. The predicted octanol–water partition coefficient (Wildman–Crippen LogP) is 2.33. The zero-order valence-electron chi connectivity index (χ0n) is 27.3. The van der Waals surface area contributed by atoms with Crippen LogP contribution < -0.4 is 15.0 Å². The fraction of sp³-hybridized carbons (Fsp3) is 0.613. The van der Waals surface area contributed by atoms with Crippen LogP contribution in [0.5, 0.6) is 5.88 Å². The summed E-state index contributed by atoms with van der Waals surface area (Å²) in [4.78, 5) is 48.5. The molecule has 1 saturated heterocycles. The van der Waals surface area contributed by atoms with E-state index in [1.807, 2.05) is 6.92 Å². The van der Waals surface area contributed by atoms with Gasteiger partial charge in [-0.15, -0.1) is 0 Å². The Morgan fingerprint density at radius 2 is 1.83 bits per heavy atom. The van der Waals surface area contributed by atoms with E-state index in [0.29, 0.717) is 19.4 Å². The molecule has 48 heavy (non-hydrogen) atoms. The summed E-state index contributed by atoms with van der Waals surface area (Å²) in [5.41, 5.74) is 0. The minimum atomic E-state index is -4.16. The Balaban J connectivity index is 0.000000264. The minimum Gasteiger partial charge on any atom is -0.481 e. The molecule has 1 aromatic heterocycles. The summed E-state index contributed by atoms with van der Waals surface area (Å²) >= 11 is 0. The molecule has 1 aliphatic heterocycles. The number of fused-ring (bicyclic) bond motifs is 1. The number of nitrogens with one attached hydrogen (secondary N) is 1. The number of nitrogens with zero attached hydrogens (tertiary/aromatic N) is 3. The van der Waals surface area contributed by atoms with E-state index in [1.165, 1.54) is 24.3 Å². The van der Waals surface area contributed by atoms with Crippen molar-refractivity contribution in [2.24, 2.45) is 5.92 Å². The van der Waals surface area contributed by atoms with Crippen LogP contribution in [0.2, 0.25) is 0 Å². The van der Waals surface area contributed by atoms with Crippen LogP contribution in [-0.4, -0.2) is 89.9 Å². The van der Waals surface area contributed by atoms with Crippen molar-refractivity contribution < 1.29 is 56.8 Å². The molecule has 17 heteroatoms. The third kappa shape index (κ3) is 9.65. The summed E-state index contributed by atoms with van der Waals surface area (Å²) in [6, 6.07) is 5.34. The number of carbonyl (C=O) groups excluding carboxylic acids is 2. The van der Waals surface area contributed by atoms with Gasteiger partial charge in [-0.05, 0) is 68.9 Å². The van der Waals surface area contributed by atoms with Gasteiger partial charge < -0.3 is 29.8 Å². The van der Waals surface area contributed by atoms with E-state index in [0.717, 1.165) is 32.1 Å². The summed E-state index contributed by atoms with van der Waals surface area (Å²) in [7, 11) is -4.16. The van der Waals surface area contributed by atoms with Crippen LogP contribution in [-0.2, 0) is 33.8 Å². The van der Waals surface area contributed by atoms with Crippen LogP contribution in [0.1, 0.15) is 78.6 Å². The number of carboxylic acids is 2. The van der Waals surface area contributed by atoms with Crippen LogP contribution in [0.25, 0.3) is 0 Å². The molecule has 0 unspecified atom stereocenters. The van der Waals surface area contributed by atoms with Crippen molar-refractivity contribution in [3.8, 4) is 5.88 Å². The lowest BCUT2D eigenvalue weighted by Gasteiger charge is -2.35. The molecule has 3 N–H and O–H groups in total. The van der Waals surface area contributed by atoms with Gasteiger partial charge in [0.1, 0.15) is 12.1 Å². The Bertz CT molecular complexity index is 1500. The first-order chi connectivity index (χ1) is 22.8. The van der Waals surface area contributed by atoms with Gasteiger partial charge in [-0.3, -0.25) is 24.3 Å². The summed E-state index contributed by atoms with van der Waals surface area (Å²) in [6.45, 7) is 5.60. The van der Waals surface area contributed by atoms with E-state index in [1.54, 1.807) is 24.8 Å². The van der Waals surface area contributed by atoms with Gasteiger partial charge in [0.25, 0.3) is 9.84 Å². The number of amides is 1. The Labute approximate surface area is 278 Å². The molecule has 2 heterocycles. The van der Waals surface area contributed by atoms with E-state index >= 15 is 0 Å². The second kappa shape index (κ2) is 17.8. The Hall–Kier alpha value is -4.25. The highest BCUT2D eigenvalue weighted by Crippen LogP contribution is 2.40. The van der Waals surface area contributed by atoms with Gasteiger partial charge in [0.2, 0.25) is 5.91 Å². The van der Waals surface area contributed by atoms with Crippen LogP contribution in [0, 0.1) is 11.1 Å². The molecule has 2 aromatic rings. The first kappa shape index (κ1) is 38.2. The number of hydrogen-bond donors (Lipinski definition) is 3. The molecule has 2 aliphatic rings. The van der Waals surface area contributed by atoms with Crippen LogP contribution >= 0.6 is 0 Å². The number of aromatic nitrogens is 2. The maximum atomic E-state index is 13.1. The molecular weight excluding hydrogens is 652 g/mol. The lowest BCUT2D eigenvalue weighted by Crippen LogP contribution is -2.55. The molecule has 0 bridgehead atoms. The fourth-order valence-electron chi connectivity index (χ4n) is 6.03. The molecular formula is C31H44N4O12S. The monoisotopic (exact) mass is 696 g/mol. The summed E-state index contributed by atoms with van der Waals surface area (Å²) < 4.78 is 39.2. The van der Waals surface area contributed by atoms with E-state index in [2.05, 4.69) is 15.1 Å². The zero-order valence-corrected chi connectivity index (χ0v) is 28.1. The number of carboxylic acid groups (broad SMARTS) is 2. The fourth-order valence-corrected chi connectivity index (χ4v) is 7.32. The Morgan fingerprint density at radius 3 is 2.46 bits per heavy atom. The summed E-state index contributed by atoms with van der Waals surface area (Å²) in [5, 5.41) is 35.2. The Morgan fingerprint density at radius 1 is 1.15 bits per heavy atom. The van der Waals surface area contributed by atoms with Gasteiger partial charge in [-0.1, -0.05) is 44.4 Å². The van der Waals surface area contributed by atoms with Crippen molar-refractivity contribution in [3.05, 3.63) is 35.5 Å². The third-order valence-corrected chi connectivity index (χ3v) is 9.95. The molecule has 1 amide bonds. The molecule has 266 valence electrons. The van der Waals surface area contributed by atoms with E-state index in [-0.39, 0.29) is 53.1 Å². The predicted molar refractivity (Wildman–Crippen MR) is 166 cm³/mol. The van der Waals surface area contributed by atoms with Crippen molar-refractivity contribution in [1.29, 1.82) is 0 Å². The quantitative estimate of drug-likeness (QED) is 0.138. The topological polar surface area (TPSA) is 230 Å². The summed E-state index contributed by atoms with van der Waals surface area (Å²) in [5.74, 6) is -2.75. The number of ether oxygens (including phenoxy) is 2. The number of sulfone groups is 1. The zero-order chi connectivity index (χ0) is 35.4. The maximum absolute atomic E-state index is 13.1. The number of likely N-dealkylation sites (tertiary alicyclic amines) is 1. The van der Waals surface area contributed by atoms with Gasteiger partial charge in [0, 0.05) is 12.5 Å². The Kier molecular flexibility index (Phi) is 14.1. The SMILES string of the molecule is CCC[C@H](N[C@@H](C)C(=O)N1[C@H](C(=O)O)C[C@@H]2CCCC[C@@H]21)C(=O)OCC.O=C(O)CCCOc1no[n+]([O-])c1S(=O)(=O)c1ccccc1. The number of benzene rings is 1. The number of hydrogen-bond acceptors (Lipinski definition) is 12. The highest BCUT2D eigenvalue weighted by molar-refractivity contribution is 7.91. The molecule has 5 atom stereocenters. The standard InChI is InChI=1S/C19H32N2O5.C12H12N2O7S/c1-4-8-14(19(25)26-5-2)20-12(3)17(22)21-15-10-7-6-9-13(15)11-16(21)18(23)24;15-10(16)7-4-8-20-11-12(14(17)21-13-11)22(18,19)9-5-2-1-3-6-9/h12-16,20H,4-11H2,1-3H3,(H,23,24);1-3,5-6H,4,7-8H2,(H,15,16)/t12-,13-,14-,15-,16-;/m0./s1. The van der Waals surface area contributed by atoms with Crippen LogP contribution in [0.15, 0.2) is 44.9 Å². The van der Waals surface area contributed by atoms with E-state index in [9.17, 15) is 37.9 Å². The molecule has 2 fully saturated rings. The number of esters is 1. The third-order valence-electron chi connectivity index (χ3n) is 8.23. The van der Waals surface area contributed by atoms with Crippen LogP contribution in [0.4, 0.5) is 0 Å². The second-order valence-electron chi connectivity index (χ2n) is 11.6. The number of carbonyl (C=O) groups is 4. The van der Waals surface area contributed by atoms with Crippen LogP contribution in [0.3, 0.4) is 0 Å². The smallest absolute Gasteiger partial charge is 0.414 e. The normalized spacial score (nSPS) is 20.1. The second-order valence-corrected chi connectivity index (χ2v) is 13.5. The highest BCUT2D eigenvalue weighted by Gasteiger charge is 2.48. The van der Waals surface area contributed by atoms with Crippen molar-refractivity contribution >= 4 is 33.7 Å².